The fraction of sp³-hybridized carbons (Fsp3) is 0.273. The molecule has 0 bridgehead atoms. The summed E-state index contributed by atoms with van der Waals surface area (Å²) in [5, 5.41) is 8.48. The third kappa shape index (κ3) is 9.31. The maximum Gasteiger partial charge on any atom is 0.0546 e. The predicted octanol–water partition coefficient (Wildman–Crippen LogP) is 3.39. The number of aliphatic hydroxyl groups excluding tert-OH is 1. The van der Waals surface area contributed by atoms with Gasteiger partial charge < -0.3 is 5.11 Å². The summed E-state index contributed by atoms with van der Waals surface area (Å²) in [6, 6.07) is 9.97. The summed E-state index contributed by atoms with van der Waals surface area (Å²) in [6.07, 6.45) is 2.17. The minimum Gasteiger partial charge on any atom is -0.393 e. The maximum absolute atomic E-state index is 8.48. The molecule has 1 rings (SSSR count). The largest absolute Gasteiger partial charge is 0.393 e. The number of rotatable bonds is 2. The van der Waals surface area contributed by atoms with Gasteiger partial charge >= 0.3 is 0 Å². The molecule has 1 unspecified atom stereocenters. The van der Waals surface area contributed by atoms with Crippen LogP contribution in [0.25, 0.3) is 0 Å². The van der Waals surface area contributed by atoms with Gasteiger partial charge in [0, 0.05) is 4.47 Å². The van der Waals surface area contributed by atoms with E-state index in [1.165, 1.54) is 0 Å². The van der Waals surface area contributed by atoms with Crippen LogP contribution in [0.5, 0.6) is 0 Å². The molecule has 13 heavy (non-hydrogen) atoms. The van der Waals surface area contributed by atoms with Crippen LogP contribution >= 0.6 is 15.9 Å². The summed E-state index contributed by atoms with van der Waals surface area (Å²) < 4.78 is 1.13. The molecule has 2 heteroatoms. The van der Waals surface area contributed by atoms with Crippen LogP contribution in [0.2, 0.25) is 0 Å². The minimum atomic E-state index is -0.220. The summed E-state index contributed by atoms with van der Waals surface area (Å²) in [4.78, 5) is 0. The lowest BCUT2D eigenvalue weighted by atomic mass is 10.3. The molecule has 1 atom stereocenters. The van der Waals surface area contributed by atoms with Gasteiger partial charge in [-0.15, -0.1) is 6.58 Å². The fourth-order valence-corrected chi connectivity index (χ4v) is 0.961. The van der Waals surface area contributed by atoms with Gasteiger partial charge in [0.2, 0.25) is 0 Å². The Morgan fingerprint density at radius 3 is 2.15 bits per heavy atom. The van der Waals surface area contributed by atoms with Crippen molar-refractivity contribution in [3.8, 4) is 0 Å². The minimum absolute atomic E-state index is 0.220. The van der Waals surface area contributed by atoms with Gasteiger partial charge in [0.05, 0.1) is 6.10 Å². The summed E-state index contributed by atoms with van der Waals surface area (Å²) >= 11 is 3.31. The van der Waals surface area contributed by atoms with Crippen molar-refractivity contribution < 1.29 is 5.11 Å². The van der Waals surface area contributed by atoms with E-state index in [1.54, 1.807) is 13.0 Å². The Bertz CT molecular complexity index is 219. The van der Waals surface area contributed by atoms with Crippen molar-refractivity contribution in [1.29, 1.82) is 0 Å². The van der Waals surface area contributed by atoms with Crippen molar-refractivity contribution in [3.63, 3.8) is 0 Å². The highest BCUT2D eigenvalue weighted by Crippen LogP contribution is 2.05. The Labute approximate surface area is 88.2 Å². The highest BCUT2D eigenvalue weighted by atomic mass is 79.9. The molecule has 0 heterocycles. The Balaban J connectivity index is 0.000000226. The van der Waals surface area contributed by atoms with E-state index in [2.05, 4.69) is 22.5 Å². The molecule has 72 valence electrons. The molecule has 0 fully saturated rings. The van der Waals surface area contributed by atoms with E-state index in [9.17, 15) is 0 Å². The molecule has 0 aliphatic carbocycles. The SMILES string of the molecule is Brc1ccccc1.C=CCC(C)O. The molecule has 1 aromatic rings. The normalized spacial score (nSPS) is 11.0. The van der Waals surface area contributed by atoms with Crippen LogP contribution in [-0.4, -0.2) is 11.2 Å². The van der Waals surface area contributed by atoms with Crippen molar-refractivity contribution in [1.82, 2.24) is 0 Å². The zero-order valence-electron chi connectivity index (χ0n) is 7.78. The summed E-state index contributed by atoms with van der Waals surface area (Å²) in [6.45, 7) is 5.18. The molecule has 0 saturated heterocycles. The van der Waals surface area contributed by atoms with E-state index in [0.717, 1.165) is 4.47 Å². The molecular formula is C11H15BrO. The predicted molar refractivity (Wildman–Crippen MR) is 60.6 cm³/mol. The molecule has 0 aromatic heterocycles. The second-order valence-electron chi connectivity index (χ2n) is 2.67. The average Bonchev–Trinajstić information content (AvgIpc) is 2.06. The second kappa shape index (κ2) is 8.02. The summed E-state index contributed by atoms with van der Waals surface area (Å²) in [7, 11) is 0. The smallest absolute Gasteiger partial charge is 0.0546 e. The molecule has 0 saturated carbocycles. The van der Waals surface area contributed by atoms with Crippen molar-refractivity contribution in [2.75, 3.05) is 0 Å². The third-order valence-electron chi connectivity index (χ3n) is 1.24. The zero-order valence-corrected chi connectivity index (χ0v) is 9.37. The molecular weight excluding hydrogens is 228 g/mol. The number of benzene rings is 1. The zero-order chi connectivity index (χ0) is 10.1. The first-order valence-corrected chi connectivity index (χ1v) is 4.95. The Morgan fingerprint density at radius 2 is 2.00 bits per heavy atom. The van der Waals surface area contributed by atoms with Gasteiger partial charge in [0.1, 0.15) is 0 Å². The Morgan fingerprint density at radius 1 is 1.46 bits per heavy atom. The first-order valence-electron chi connectivity index (χ1n) is 4.16. The molecule has 0 amide bonds. The van der Waals surface area contributed by atoms with Crippen molar-refractivity contribution in [2.24, 2.45) is 0 Å². The van der Waals surface area contributed by atoms with Gasteiger partial charge in [-0.05, 0) is 25.5 Å². The van der Waals surface area contributed by atoms with Crippen LogP contribution in [0.3, 0.4) is 0 Å². The van der Waals surface area contributed by atoms with Crippen LogP contribution in [0.1, 0.15) is 13.3 Å². The topological polar surface area (TPSA) is 20.2 Å². The number of hydrogen-bond acceptors (Lipinski definition) is 1. The fourth-order valence-electron chi connectivity index (χ4n) is 0.656. The first kappa shape index (κ1) is 12.4. The average molecular weight is 243 g/mol. The quantitative estimate of drug-likeness (QED) is 0.789. The first-order chi connectivity index (χ1) is 6.16. The maximum atomic E-state index is 8.48. The van der Waals surface area contributed by atoms with Gasteiger partial charge in [0.15, 0.2) is 0 Å². The van der Waals surface area contributed by atoms with Gasteiger partial charge in [0.25, 0.3) is 0 Å². The van der Waals surface area contributed by atoms with Crippen molar-refractivity contribution in [2.45, 2.75) is 19.4 Å². The second-order valence-corrected chi connectivity index (χ2v) is 3.58. The Hall–Kier alpha value is -0.600. The molecule has 1 nitrogen and oxygen atoms in total. The van der Waals surface area contributed by atoms with Gasteiger partial charge in [-0.25, -0.2) is 0 Å². The third-order valence-corrected chi connectivity index (χ3v) is 1.77. The van der Waals surface area contributed by atoms with Crippen molar-refractivity contribution >= 4 is 15.9 Å². The van der Waals surface area contributed by atoms with E-state index < -0.39 is 0 Å². The lowest BCUT2D eigenvalue weighted by molar-refractivity contribution is 0.198. The van der Waals surface area contributed by atoms with E-state index in [0.29, 0.717) is 6.42 Å². The van der Waals surface area contributed by atoms with Gasteiger partial charge in [-0.2, -0.15) is 0 Å². The van der Waals surface area contributed by atoms with Crippen LogP contribution in [0.4, 0.5) is 0 Å². The standard InChI is InChI=1S/C6H5Br.C5H10O/c7-6-4-2-1-3-5-6;1-3-4-5(2)6/h1-5H;3,5-6H,1,4H2,2H3. The molecule has 0 aliphatic rings. The summed E-state index contributed by atoms with van der Waals surface area (Å²) in [5.41, 5.74) is 0. The van der Waals surface area contributed by atoms with E-state index in [4.69, 9.17) is 5.11 Å². The van der Waals surface area contributed by atoms with E-state index >= 15 is 0 Å². The van der Waals surface area contributed by atoms with Crippen LogP contribution in [0, 0.1) is 0 Å². The molecule has 0 radical (unpaired) electrons. The number of aliphatic hydroxyl groups is 1. The highest BCUT2D eigenvalue weighted by molar-refractivity contribution is 9.10. The van der Waals surface area contributed by atoms with E-state index in [-0.39, 0.29) is 6.10 Å². The van der Waals surface area contributed by atoms with Crippen LogP contribution < -0.4 is 0 Å². The molecule has 0 spiro atoms. The number of halogens is 1. The highest BCUT2D eigenvalue weighted by Gasteiger charge is 1.84. The lowest BCUT2D eigenvalue weighted by Crippen LogP contribution is -1.94. The van der Waals surface area contributed by atoms with E-state index in [1.807, 2.05) is 30.3 Å². The molecule has 1 aromatic carbocycles. The summed E-state index contributed by atoms with van der Waals surface area (Å²) in [5.74, 6) is 0. The monoisotopic (exact) mass is 242 g/mol. The molecule has 1 N–H and O–H groups in total. The van der Waals surface area contributed by atoms with Gasteiger partial charge in [-0.1, -0.05) is 40.2 Å². The number of hydrogen-bond donors (Lipinski definition) is 1. The van der Waals surface area contributed by atoms with Gasteiger partial charge in [-0.3, -0.25) is 0 Å². The van der Waals surface area contributed by atoms with Crippen LogP contribution in [-0.2, 0) is 0 Å². The lowest BCUT2D eigenvalue weighted by Gasteiger charge is -1.92. The molecule has 0 aliphatic heterocycles. The Kier molecular flexibility index (Phi) is 7.65. The van der Waals surface area contributed by atoms with Crippen LogP contribution in [0.15, 0.2) is 47.5 Å². The van der Waals surface area contributed by atoms with Crippen molar-refractivity contribution in [3.05, 3.63) is 47.5 Å².